The molecule has 1 atom stereocenters. The van der Waals surface area contributed by atoms with E-state index in [0.29, 0.717) is 6.61 Å². The summed E-state index contributed by atoms with van der Waals surface area (Å²) in [4.78, 5) is 4.15. The van der Waals surface area contributed by atoms with Gasteiger partial charge >= 0.3 is 0 Å². The number of methoxy groups -OCH3 is 1. The summed E-state index contributed by atoms with van der Waals surface area (Å²) in [6.45, 7) is 0.501. The number of hydrogen-bond donors (Lipinski definition) is 0. The zero-order valence-electron chi connectivity index (χ0n) is 17.1. The summed E-state index contributed by atoms with van der Waals surface area (Å²) < 4.78 is 11.7. The molecule has 0 spiro atoms. The smallest absolute Gasteiger partial charge is 0.161 e. The number of nitrogens with zero attached hydrogens (tertiary/aromatic N) is 1. The van der Waals surface area contributed by atoms with Crippen LogP contribution in [0.15, 0.2) is 103 Å². The third kappa shape index (κ3) is 4.87. The predicted octanol–water partition coefficient (Wildman–Crippen LogP) is 6.04. The van der Waals surface area contributed by atoms with Gasteiger partial charge in [0, 0.05) is 18.3 Å². The van der Waals surface area contributed by atoms with E-state index in [0.717, 1.165) is 23.5 Å². The van der Waals surface area contributed by atoms with Crippen LogP contribution in [0.25, 0.3) is 0 Å². The Morgan fingerprint density at radius 3 is 2.10 bits per heavy atom. The number of hydrogen-bond acceptors (Lipinski definition) is 3. The molecular weight excluding hydrogens is 370 g/mol. The van der Waals surface area contributed by atoms with Crippen LogP contribution >= 0.6 is 0 Å². The average Bonchev–Trinajstić information content (AvgIpc) is 2.83. The first-order valence-electron chi connectivity index (χ1n) is 10.1. The highest BCUT2D eigenvalue weighted by atomic mass is 16.5. The lowest BCUT2D eigenvalue weighted by molar-refractivity contribution is 0.284. The van der Waals surface area contributed by atoms with Gasteiger partial charge in [0.2, 0.25) is 0 Å². The van der Waals surface area contributed by atoms with Crippen molar-refractivity contribution in [1.82, 2.24) is 4.98 Å². The highest BCUT2D eigenvalue weighted by Crippen LogP contribution is 2.35. The van der Waals surface area contributed by atoms with Gasteiger partial charge in [-0.15, -0.1) is 0 Å². The molecule has 0 saturated heterocycles. The van der Waals surface area contributed by atoms with Crippen LogP contribution in [0.3, 0.4) is 0 Å². The molecule has 4 aromatic rings. The Hall–Kier alpha value is -3.59. The molecule has 0 unspecified atom stereocenters. The molecule has 0 aliphatic carbocycles. The molecule has 4 rings (SSSR count). The summed E-state index contributed by atoms with van der Waals surface area (Å²) in [7, 11) is 1.68. The molecule has 0 N–H and O–H groups in total. The minimum Gasteiger partial charge on any atom is -0.493 e. The van der Waals surface area contributed by atoms with Gasteiger partial charge in [-0.1, -0.05) is 66.7 Å². The lowest BCUT2D eigenvalue weighted by Crippen LogP contribution is -2.06. The van der Waals surface area contributed by atoms with Crippen molar-refractivity contribution in [1.29, 1.82) is 0 Å². The van der Waals surface area contributed by atoms with Crippen molar-refractivity contribution >= 4 is 0 Å². The van der Waals surface area contributed by atoms with Gasteiger partial charge in [-0.3, -0.25) is 4.98 Å². The molecule has 3 heteroatoms. The van der Waals surface area contributed by atoms with E-state index >= 15 is 0 Å². The van der Waals surface area contributed by atoms with Crippen molar-refractivity contribution in [3.63, 3.8) is 0 Å². The Labute approximate surface area is 178 Å². The van der Waals surface area contributed by atoms with Gasteiger partial charge in [-0.2, -0.15) is 0 Å². The lowest BCUT2D eigenvalue weighted by atomic mass is 9.86. The van der Waals surface area contributed by atoms with Gasteiger partial charge in [-0.25, -0.2) is 0 Å². The molecule has 0 amide bonds. The van der Waals surface area contributed by atoms with E-state index in [1.54, 1.807) is 7.11 Å². The summed E-state index contributed by atoms with van der Waals surface area (Å²) in [6.07, 6.45) is 4.58. The van der Waals surface area contributed by atoms with E-state index in [4.69, 9.17) is 9.47 Å². The Kier molecular flexibility index (Phi) is 6.41. The van der Waals surface area contributed by atoms with Gasteiger partial charge in [0.1, 0.15) is 6.61 Å². The third-order valence-corrected chi connectivity index (χ3v) is 5.22. The van der Waals surface area contributed by atoms with Crippen molar-refractivity contribution in [2.45, 2.75) is 18.9 Å². The second kappa shape index (κ2) is 9.75. The van der Waals surface area contributed by atoms with Crippen molar-refractivity contribution in [3.8, 4) is 11.5 Å². The molecule has 1 aromatic heterocycles. The minimum atomic E-state index is 0.207. The molecule has 0 fully saturated rings. The van der Waals surface area contributed by atoms with Gasteiger partial charge in [-0.05, 0) is 52.9 Å². The van der Waals surface area contributed by atoms with E-state index in [9.17, 15) is 0 Å². The maximum absolute atomic E-state index is 6.16. The van der Waals surface area contributed by atoms with Crippen LogP contribution in [0.4, 0.5) is 0 Å². The van der Waals surface area contributed by atoms with Crippen LogP contribution in [-0.4, -0.2) is 12.1 Å². The SMILES string of the molecule is COc1ccc([C@H](Cc2ccncc2)c2ccccc2)cc1OCc1ccccc1. The maximum Gasteiger partial charge on any atom is 0.161 e. The summed E-state index contributed by atoms with van der Waals surface area (Å²) >= 11 is 0. The number of aromatic nitrogens is 1. The molecule has 30 heavy (non-hydrogen) atoms. The van der Waals surface area contributed by atoms with Crippen molar-refractivity contribution < 1.29 is 9.47 Å². The zero-order chi connectivity index (χ0) is 20.6. The van der Waals surface area contributed by atoms with Gasteiger partial charge in [0.05, 0.1) is 7.11 Å². The van der Waals surface area contributed by atoms with E-state index in [1.807, 2.05) is 36.7 Å². The zero-order valence-corrected chi connectivity index (χ0v) is 17.1. The van der Waals surface area contributed by atoms with Gasteiger partial charge in [0.15, 0.2) is 11.5 Å². The number of ether oxygens (including phenoxy) is 2. The summed E-state index contributed by atoms with van der Waals surface area (Å²) in [6, 6.07) is 31.2. The summed E-state index contributed by atoms with van der Waals surface area (Å²) in [5, 5.41) is 0. The van der Waals surface area contributed by atoms with Crippen LogP contribution in [0, 0.1) is 0 Å². The minimum absolute atomic E-state index is 0.207. The number of pyridine rings is 1. The second-order valence-electron chi connectivity index (χ2n) is 7.21. The highest BCUT2D eigenvalue weighted by Gasteiger charge is 2.17. The molecule has 3 aromatic carbocycles. The fourth-order valence-electron chi connectivity index (χ4n) is 3.63. The molecule has 0 aliphatic rings. The van der Waals surface area contributed by atoms with Crippen molar-refractivity contribution in [2.24, 2.45) is 0 Å². The first kappa shape index (κ1) is 19.7. The highest BCUT2D eigenvalue weighted by molar-refractivity contribution is 5.47. The molecule has 0 aliphatic heterocycles. The van der Waals surface area contributed by atoms with Crippen LogP contribution < -0.4 is 9.47 Å². The van der Waals surface area contributed by atoms with Crippen LogP contribution in [0.5, 0.6) is 11.5 Å². The summed E-state index contributed by atoms with van der Waals surface area (Å²) in [5.74, 6) is 1.71. The fraction of sp³-hybridized carbons (Fsp3) is 0.148. The van der Waals surface area contributed by atoms with Crippen molar-refractivity contribution in [2.75, 3.05) is 7.11 Å². The molecule has 0 radical (unpaired) electrons. The number of benzene rings is 3. The standard InChI is InChI=1S/C27H25NO2/c1-29-26-13-12-24(19-27(26)30-20-22-8-4-2-5-9-22)25(23-10-6-3-7-11-23)18-21-14-16-28-17-15-21/h2-17,19,25H,18,20H2,1H3/t25-/m1/s1. The summed E-state index contributed by atoms with van der Waals surface area (Å²) in [5.41, 5.74) is 4.85. The second-order valence-corrected chi connectivity index (χ2v) is 7.21. The first-order valence-corrected chi connectivity index (χ1v) is 10.1. The van der Waals surface area contributed by atoms with Crippen LogP contribution in [-0.2, 0) is 13.0 Å². The monoisotopic (exact) mass is 395 g/mol. The normalized spacial score (nSPS) is 11.6. The van der Waals surface area contributed by atoms with Crippen molar-refractivity contribution in [3.05, 3.63) is 126 Å². The molecular formula is C27H25NO2. The Bertz CT molecular complexity index is 1050. The Balaban J connectivity index is 1.66. The molecule has 3 nitrogen and oxygen atoms in total. The van der Waals surface area contributed by atoms with Crippen LogP contribution in [0.1, 0.15) is 28.2 Å². The van der Waals surface area contributed by atoms with E-state index in [2.05, 4.69) is 71.7 Å². The van der Waals surface area contributed by atoms with E-state index < -0.39 is 0 Å². The Morgan fingerprint density at radius 1 is 0.700 bits per heavy atom. The molecule has 0 bridgehead atoms. The molecule has 0 saturated carbocycles. The van der Waals surface area contributed by atoms with Crippen LogP contribution in [0.2, 0.25) is 0 Å². The molecule has 1 heterocycles. The van der Waals surface area contributed by atoms with Gasteiger partial charge in [0.25, 0.3) is 0 Å². The fourth-order valence-corrected chi connectivity index (χ4v) is 3.63. The third-order valence-electron chi connectivity index (χ3n) is 5.22. The lowest BCUT2D eigenvalue weighted by Gasteiger charge is -2.20. The van der Waals surface area contributed by atoms with E-state index in [1.165, 1.54) is 16.7 Å². The predicted molar refractivity (Wildman–Crippen MR) is 120 cm³/mol. The largest absolute Gasteiger partial charge is 0.493 e. The van der Waals surface area contributed by atoms with Gasteiger partial charge < -0.3 is 9.47 Å². The topological polar surface area (TPSA) is 31.4 Å². The Morgan fingerprint density at radius 2 is 1.40 bits per heavy atom. The maximum atomic E-state index is 6.16. The molecule has 150 valence electrons. The first-order chi connectivity index (χ1) is 14.8. The quantitative estimate of drug-likeness (QED) is 0.364. The average molecular weight is 396 g/mol. The van der Waals surface area contributed by atoms with E-state index in [-0.39, 0.29) is 5.92 Å². The number of rotatable bonds is 8.